The highest BCUT2D eigenvalue weighted by Crippen LogP contribution is 2.25. The summed E-state index contributed by atoms with van der Waals surface area (Å²) in [5.74, 6) is 0.361. The predicted octanol–water partition coefficient (Wildman–Crippen LogP) is 1.39. The zero-order chi connectivity index (χ0) is 9.94. The minimum atomic E-state index is -2.08. The first-order chi connectivity index (χ1) is 5.25. The molecular formula is C8H18NO2S-. The second-order valence-corrected chi connectivity index (χ2v) is 5.35. The van der Waals surface area contributed by atoms with E-state index in [1.807, 2.05) is 0 Å². The van der Waals surface area contributed by atoms with Gasteiger partial charge < -0.3 is 4.55 Å². The Labute approximate surface area is 77.6 Å². The van der Waals surface area contributed by atoms with Crippen molar-refractivity contribution >= 4 is 11.3 Å². The summed E-state index contributed by atoms with van der Waals surface area (Å²) in [5.41, 5.74) is 0.160. The molecule has 4 heteroatoms. The van der Waals surface area contributed by atoms with E-state index in [1.54, 1.807) is 7.05 Å². The monoisotopic (exact) mass is 192 g/mol. The molecule has 0 aromatic carbocycles. The molecule has 0 aromatic heterocycles. The molecular weight excluding hydrogens is 174 g/mol. The third kappa shape index (κ3) is 4.18. The highest BCUT2D eigenvalue weighted by molar-refractivity contribution is 7.76. The van der Waals surface area contributed by atoms with E-state index in [0.29, 0.717) is 12.5 Å². The van der Waals surface area contributed by atoms with E-state index >= 15 is 0 Å². The van der Waals surface area contributed by atoms with Crippen LogP contribution in [0.3, 0.4) is 0 Å². The van der Waals surface area contributed by atoms with Crippen LogP contribution in [0.1, 0.15) is 27.7 Å². The smallest absolute Gasteiger partial charge is 0.0206 e. The van der Waals surface area contributed by atoms with Crippen LogP contribution in [0, 0.1) is 11.3 Å². The Morgan fingerprint density at radius 2 is 1.92 bits per heavy atom. The van der Waals surface area contributed by atoms with E-state index in [9.17, 15) is 8.76 Å². The maximum Gasteiger partial charge on any atom is 0.0206 e. The minimum absolute atomic E-state index is 0.160. The Balaban J connectivity index is 4.01. The van der Waals surface area contributed by atoms with Crippen molar-refractivity contribution < 1.29 is 8.76 Å². The van der Waals surface area contributed by atoms with Crippen LogP contribution in [0.5, 0.6) is 0 Å². The Morgan fingerprint density at radius 1 is 1.50 bits per heavy atom. The topological polar surface area (TPSA) is 43.4 Å². The lowest BCUT2D eigenvalue weighted by atomic mass is 9.82. The molecule has 0 heterocycles. The van der Waals surface area contributed by atoms with E-state index in [4.69, 9.17) is 0 Å². The molecule has 0 radical (unpaired) electrons. The Morgan fingerprint density at radius 3 is 2.17 bits per heavy atom. The van der Waals surface area contributed by atoms with Gasteiger partial charge >= 0.3 is 0 Å². The molecule has 0 saturated carbocycles. The lowest BCUT2D eigenvalue weighted by Gasteiger charge is -2.31. The van der Waals surface area contributed by atoms with Gasteiger partial charge in [0.05, 0.1) is 0 Å². The van der Waals surface area contributed by atoms with Gasteiger partial charge in [0.1, 0.15) is 0 Å². The number of hydrogen-bond donors (Lipinski definition) is 0. The van der Waals surface area contributed by atoms with Gasteiger partial charge in [-0.1, -0.05) is 27.7 Å². The molecule has 0 fully saturated rings. The first kappa shape index (κ1) is 12.1. The molecule has 74 valence electrons. The normalized spacial score (nSPS) is 17.9. The molecule has 0 aliphatic rings. The highest BCUT2D eigenvalue weighted by atomic mass is 32.2. The van der Waals surface area contributed by atoms with Gasteiger partial charge in [0.2, 0.25) is 0 Å². The third-order valence-corrected chi connectivity index (χ3v) is 2.92. The van der Waals surface area contributed by atoms with Crippen LogP contribution in [-0.2, 0) is 11.3 Å². The minimum Gasteiger partial charge on any atom is -0.760 e. The van der Waals surface area contributed by atoms with E-state index in [1.165, 1.54) is 4.31 Å². The lowest BCUT2D eigenvalue weighted by molar-refractivity contribution is 0.224. The van der Waals surface area contributed by atoms with Crippen molar-refractivity contribution in [1.29, 1.82) is 0 Å². The molecule has 0 N–H and O–H groups in total. The quantitative estimate of drug-likeness (QED) is 0.634. The Hall–Kier alpha value is 0.0700. The van der Waals surface area contributed by atoms with Crippen molar-refractivity contribution in [1.82, 2.24) is 4.31 Å². The largest absolute Gasteiger partial charge is 0.760 e. The van der Waals surface area contributed by atoms with Gasteiger partial charge in [-0.05, 0) is 18.4 Å². The first-order valence-electron chi connectivity index (χ1n) is 4.05. The molecule has 0 rings (SSSR count). The van der Waals surface area contributed by atoms with Crippen LogP contribution in [-0.4, -0.2) is 26.7 Å². The average Bonchev–Trinajstić information content (AvgIpc) is 1.85. The maximum atomic E-state index is 10.5. The summed E-state index contributed by atoms with van der Waals surface area (Å²) in [4.78, 5) is 0. The second-order valence-electron chi connectivity index (χ2n) is 4.29. The summed E-state index contributed by atoms with van der Waals surface area (Å²) in [6.07, 6.45) is 0. The molecule has 2 atom stereocenters. The fourth-order valence-corrected chi connectivity index (χ4v) is 1.07. The molecule has 3 nitrogen and oxygen atoms in total. The van der Waals surface area contributed by atoms with Crippen molar-refractivity contribution in [2.75, 3.05) is 13.6 Å². The zero-order valence-corrected chi connectivity index (χ0v) is 9.27. The van der Waals surface area contributed by atoms with Crippen LogP contribution in [0.25, 0.3) is 0 Å². The summed E-state index contributed by atoms with van der Waals surface area (Å²) in [6.45, 7) is 8.97. The van der Waals surface area contributed by atoms with Gasteiger partial charge in [0, 0.05) is 17.8 Å². The van der Waals surface area contributed by atoms with Crippen LogP contribution in [0.4, 0.5) is 0 Å². The predicted molar refractivity (Wildman–Crippen MR) is 50.2 cm³/mol. The van der Waals surface area contributed by atoms with Crippen molar-refractivity contribution in [3.63, 3.8) is 0 Å². The second kappa shape index (κ2) is 4.35. The van der Waals surface area contributed by atoms with Crippen LogP contribution in [0.2, 0.25) is 0 Å². The van der Waals surface area contributed by atoms with Gasteiger partial charge in [-0.15, -0.1) is 0 Å². The highest BCUT2D eigenvalue weighted by Gasteiger charge is 2.21. The van der Waals surface area contributed by atoms with Gasteiger partial charge in [-0.2, -0.15) is 0 Å². The molecule has 12 heavy (non-hydrogen) atoms. The SMILES string of the molecule is CC(CN(C)S(=O)[O-])C(C)(C)C. The summed E-state index contributed by atoms with van der Waals surface area (Å²) >= 11 is -2.08. The summed E-state index contributed by atoms with van der Waals surface area (Å²) in [5, 5.41) is 0. The summed E-state index contributed by atoms with van der Waals surface area (Å²) in [7, 11) is 1.59. The van der Waals surface area contributed by atoms with Gasteiger partial charge in [-0.25, -0.2) is 4.31 Å². The zero-order valence-electron chi connectivity index (χ0n) is 8.46. The van der Waals surface area contributed by atoms with E-state index in [2.05, 4.69) is 27.7 Å². The third-order valence-electron chi connectivity index (χ3n) is 2.26. The lowest BCUT2D eigenvalue weighted by Crippen LogP contribution is -2.32. The van der Waals surface area contributed by atoms with Gasteiger partial charge in [0.25, 0.3) is 0 Å². The fraction of sp³-hybridized carbons (Fsp3) is 1.00. The van der Waals surface area contributed by atoms with Crippen molar-refractivity contribution in [3.8, 4) is 0 Å². The Kier molecular flexibility index (Phi) is 4.37. The number of hydrogen-bond acceptors (Lipinski definition) is 2. The maximum absolute atomic E-state index is 10.5. The summed E-state index contributed by atoms with van der Waals surface area (Å²) in [6, 6.07) is 0. The first-order valence-corrected chi connectivity index (χ1v) is 5.09. The van der Waals surface area contributed by atoms with E-state index < -0.39 is 11.3 Å². The molecule has 0 spiro atoms. The van der Waals surface area contributed by atoms with Crippen molar-refractivity contribution in [3.05, 3.63) is 0 Å². The van der Waals surface area contributed by atoms with Crippen LogP contribution in [0.15, 0.2) is 0 Å². The molecule has 0 aliphatic carbocycles. The standard InChI is InChI=1S/C8H19NO2S/c1-7(8(2,3)4)6-9(5)12(10)11/h7H,6H2,1-5H3,(H,10,11)/p-1. The average molecular weight is 192 g/mol. The van der Waals surface area contributed by atoms with Crippen LogP contribution < -0.4 is 0 Å². The summed E-state index contributed by atoms with van der Waals surface area (Å²) < 4.78 is 22.3. The van der Waals surface area contributed by atoms with Gasteiger partial charge in [0.15, 0.2) is 0 Å². The molecule has 0 aromatic rings. The molecule has 0 aliphatic heterocycles. The van der Waals surface area contributed by atoms with Gasteiger partial charge in [-0.3, -0.25) is 4.21 Å². The van der Waals surface area contributed by atoms with E-state index in [0.717, 1.165) is 0 Å². The number of nitrogens with zero attached hydrogens (tertiary/aromatic N) is 1. The fourth-order valence-electron chi connectivity index (χ4n) is 0.720. The van der Waals surface area contributed by atoms with E-state index in [-0.39, 0.29) is 5.41 Å². The number of rotatable bonds is 3. The molecule has 0 saturated heterocycles. The molecule has 0 bridgehead atoms. The Bertz CT molecular complexity index is 165. The van der Waals surface area contributed by atoms with Crippen molar-refractivity contribution in [2.24, 2.45) is 11.3 Å². The van der Waals surface area contributed by atoms with Crippen LogP contribution >= 0.6 is 0 Å². The molecule has 2 unspecified atom stereocenters. The van der Waals surface area contributed by atoms with Crippen molar-refractivity contribution in [2.45, 2.75) is 27.7 Å². The molecule has 0 amide bonds.